The summed E-state index contributed by atoms with van der Waals surface area (Å²) in [4.78, 5) is 24.7. The first-order valence-corrected chi connectivity index (χ1v) is 8.45. The van der Waals surface area contributed by atoms with Crippen molar-refractivity contribution in [3.63, 3.8) is 0 Å². The van der Waals surface area contributed by atoms with Crippen LogP contribution in [0.1, 0.15) is 5.69 Å². The van der Waals surface area contributed by atoms with E-state index in [2.05, 4.69) is 25.1 Å². The van der Waals surface area contributed by atoms with Crippen LogP contribution in [0, 0.1) is 0 Å². The maximum absolute atomic E-state index is 11.3. The van der Waals surface area contributed by atoms with Crippen LogP contribution in [0.4, 0.5) is 10.9 Å². The fraction of sp³-hybridized carbons (Fsp3) is 0.400. The van der Waals surface area contributed by atoms with Crippen molar-refractivity contribution in [2.24, 2.45) is 5.73 Å². The Labute approximate surface area is 175 Å². The minimum atomic E-state index is -0.213. The number of pyridine rings is 1. The number of anilines is 2. The maximum atomic E-state index is 11.3. The highest BCUT2D eigenvalue weighted by atomic mass is 35.5. The first-order chi connectivity index (χ1) is 11.2. The second kappa shape index (κ2) is 12.3. The van der Waals surface area contributed by atoms with Crippen LogP contribution in [0.3, 0.4) is 0 Å². The van der Waals surface area contributed by atoms with Gasteiger partial charge in [-0.15, -0.1) is 48.6 Å². The Morgan fingerprint density at radius 3 is 2.54 bits per heavy atom. The van der Waals surface area contributed by atoms with Gasteiger partial charge in [-0.1, -0.05) is 6.07 Å². The summed E-state index contributed by atoms with van der Waals surface area (Å²) in [5.74, 6) is 0.822. The number of nitrogens with zero attached hydrogens (tertiary/aromatic N) is 4. The molecule has 1 aliphatic rings. The molecule has 1 saturated heterocycles. The van der Waals surface area contributed by atoms with Crippen LogP contribution in [0.25, 0.3) is 0 Å². The number of nitrogens with two attached hydrogens (primary N) is 1. The van der Waals surface area contributed by atoms with E-state index in [-0.39, 0.29) is 49.7 Å². The second-order valence-corrected chi connectivity index (χ2v) is 6.21. The highest BCUT2D eigenvalue weighted by molar-refractivity contribution is 7.13. The molecule has 11 heteroatoms. The first-order valence-electron chi connectivity index (χ1n) is 7.57. The molecular formula is C15H23Cl3N6OS. The largest absolute Gasteiger partial charge is 0.354 e. The molecule has 3 N–H and O–H groups in total. The average Bonchev–Trinajstić information content (AvgIpc) is 3.03. The van der Waals surface area contributed by atoms with Gasteiger partial charge in [0.1, 0.15) is 5.82 Å². The van der Waals surface area contributed by atoms with Crippen molar-refractivity contribution in [2.75, 3.05) is 42.9 Å². The van der Waals surface area contributed by atoms with Gasteiger partial charge in [0.2, 0.25) is 5.91 Å². The number of carbonyl (C=O) groups excluding carboxylic acids is 1. The zero-order chi connectivity index (χ0) is 16.1. The molecule has 1 aliphatic heterocycles. The minimum absolute atomic E-state index is 0. The van der Waals surface area contributed by atoms with Crippen LogP contribution in [0.2, 0.25) is 0 Å². The van der Waals surface area contributed by atoms with E-state index >= 15 is 0 Å². The van der Waals surface area contributed by atoms with E-state index in [9.17, 15) is 4.79 Å². The molecule has 3 heterocycles. The van der Waals surface area contributed by atoms with E-state index in [4.69, 9.17) is 5.73 Å². The Kier molecular flexibility index (Phi) is 11.7. The van der Waals surface area contributed by atoms with E-state index in [1.54, 1.807) is 0 Å². The molecule has 26 heavy (non-hydrogen) atoms. The minimum Gasteiger partial charge on any atom is -0.354 e. The highest BCUT2D eigenvalue weighted by Gasteiger charge is 2.18. The smallest absolute Gasteiger partial charge is 0.239 e. The number of halogens is 3. The van der Waals surface area contributed by atoms with Gasteiger partial charge < -0.3 is 16.0 Å². The molecule has 7 nitrogen and oxygen atoms in total. The normalized spacial score (nSPS) is 13.8. The van der Waals surface area contributed by atoms with Crippen LogP contribution in [-0.2, 0) is 11.3 Å². The summed E-state index contributed by atoms with van der Waals surface area (Å²) >= 11 is 1.43. The lowest BCUT2D eigenvalue weighted by molar-refractivity contribution is -0.114. The maximum Gasteiger partial charge on any atom is 0.239 e. The topological polar surface area (TPSA) is 87.4 Å². The van der Waals surface area contributed by atoms with Gasteiger partial charge >= 0.3 is 0 Å². The van der Waals surface area contributed by atoms with E-state index < -0.39 is 0 Å². The lowest BCUT2D eigenvalue weighted by Crippen LogP contribution is -2.46. The summed E-state index contributed by atoms with van der Waals surface area (Å²) in [5.41, 5.74) is 6.26. The van der Waals surface area contributed by atoms with Crippen LogP contribution in [0.5, 0.6) is 0 Å². The molecule has 0 aliphatic carbocycles. The molecule has 0 unspecified atom stereocenters. The van der Waals surface area contributed by atoms with Crippen molar-refractivity contribution in [1.29, 1.82) is 0 Å². The van der Waals surface area contributed by atoms with Gasteiger partial charge in [-0.3, -0.25) is 9.69 Å². The molecule has 3 rings (SSSR count). The van der Waals surface area contributed by atoms with Gasteiger partial charge in [0.05, 0.1) is 12.2 Å². The van der Waals surface area contributed by atoms with Crippen molar-refractivity contribution >= 4 is 65.4 Å². The number of thiazole rings is 1. The zero-order valence-electron chi connectivity index (χ0n) is 14.0. The fourth-order valence-electron chi connectivity index (χ4n) is 2.51. The number of nitrogens with one attached hydrogen (secondary N) is 1. The molecule has 0 spiro atoms. The third-order valence-electron chi connectivity index (χ3n) is 3.71. The quantitative estimate of drug-likeness (QED) is 0.738. The van der Waals surface area contributed by atoms with Crippen LogP contribution >= 0.6 is 48.6 Å². The van der Waals surface area contributed by atoms with E-state index in [1.807, 2.05) is 29.8 Å². The summed E-state index contributed by atoms with van der Waals surface area (Å²) < 4.78 is 0. The summed E-state index contributed by atoms with van der Waals surface area (Å²) in [6, 6.07) is 5.99. The molecule has 0 atom stereocenters. The molecule has 0 aromatic carbocycles. The SMILES string of the molecule is Cl.Cl.Cl.NCC(=O)Nc1nc(CN2CCN(c3ccccn3)CC2)cs1. The van der Waals surface area contributed by atoms with Gasteiger partial charge in [-0.25, -0.2) is 9.97 Å². The molecule has 2 aromatic rings. The number of hydrogen-bond acceptors (Lipinski definition) is 7. The number of amides is 1. The van der Waals surface area contributed by atoms with Gasteiger partial charge in [-0.2, -0.15) is 0 Å². The van der Waals surface area contributed by atoms with E-state index in [0.29, 0.717) is 5.13 Å². The van der Waals surface area contributed by atoms with Crippen LogP contribution in [0.15, 0.2) is 29.8 Å². The van der Waals surface area contributed by atoms with Crippen LogP contribution in [-0.4, -0.2) is 53.5 Å². The summed E-state index contributed by atoms with van der Waals surface area (Å²) in [6.45, 7) is 4.63. The second-order valence-electron chi connectivity index (χ2n) is 5.35. The molecule has 1 amide bonds. The number of rotatable bonds is 5. The monoisotopic (exact) mass is 440 g/mol. The van der Waals surface area contributed by atoms with Gasteiger partial charge in [0, 0.05) is 44.3 Å². The predicted molar refractivity (Wildman–Crippen MR) is 113 cm³/mol. The average molecular weight is 442 g/mol. The summed E-state index contributed by atoms with van der Waals surface area (Å²) in [7, 11) is 0. The molecule has 146 valence electrons. The molecule has 1 fully saturated rings. The Morgan fingerprint density at radius 2 is 1.92 bits per heavy atom. The molecule has 0 radical (unpaired) electrons. The van der Waals surface area contributed by atoms with Crippen molar-refractivity contribution in [3.8, 4) is 0 Å². The fourth-order valence-corrected chi connectivity index (χ4v) is 3.23. The van der Waals surface area contributed by atoms with Crippen LogP contribution < -0.4 is 16.0 Å². The number of carbonyl (C=O) groups is 1. The predicted octanol–water partition coefficient (Wildman–Crippen LogP) is 2.02. The summed E-state index contributed by atoms with van der Waals surface area (Å²) in [5, 5.41) is 5.28. The zero-order valence-corrected chi connectivity index (χ0v) is 17.3. The van der Waals surface area contributed by atoms with Crippen molar-refractivity contribution < 1.29 is 4.79 Å². The Morgan fingerprint density at radius 1 is 1.19 bits per heavy atom. The summed E-state index contributed by atoms with van der Waals surface area (Å²) in [6.07, 6.45) is 1.83. The first kappa shape index (κ1) is 24.8. The Balaban J connectivity index is 0.00000208. The third kappa shape index (κ3) is 6.86. The number of piperazine rings is 1. The van der Waals surface area contributed by atoms with Gasteiger partial charge in [0.15, 0.2) is 5.13 Å². The third-order valence-corrected chi connectivity index (χ3v) is 4.52. The lowest BCUT2D eigenvalue weighted by atomic mass is 10.3. The van der Waals surface area contributed by atoms with Gasteiger partial charge in [-0.05, 0) is 12.1 Å². The highest BCUT2D eigenvalue weighted by Crippen LogP contribution is 2.18. The van der Waals surface area contributed by atoms with Crippen molar-refractivity contribution in [3.05, 3.63) is 35.5 Å². The molecule has 0 saturated carbocycles. The Bertz CT molecular complexity index is 652. The Hall–Kier alpha value is -1.16. The molecular weight excluding hydrogens is 419 g/mol. The molecule has 2 aromatic heterocycles. The lowest BCUT2D eigenvalue weighted by Gasteiger charge is -2.35. The van der Waals surface area contributed by atoms with Gasteiger partial charge in [0.25, 0.3) is 0 Å². The van der Waals surface area contributed by atoms with Crippen molar-refractivity contribution in [2.45, 2.75) is 6.54 Å². The molecule has 0 bridgehead atoms. The van der Waals surface area contributed by atoms with E-state index in [0.717, 1.165) is 44.2 Å². The van der Waals surface area contributed by atoms with E-state index in [1.165, 1.54) is 11.3 Å². The standard InChI is InChI=1S/C15H20N6OS.3ClH/c16-9-14(22)19-15-18-12(11-23-15)10-20-5-7-21(8-6-20)13-3-1-2-4-17-13;;;/h1-4,11H,5-10,16H2,(H,18,19,22);3*1H. The number of hydrogen-bond donors (Lipinski definition) is 2. The number of aromatic nitrogens is 2. The van der Waals surface area contributed by atoms with Crippen molar-refractivity contribution in [1.82, 2.24) is 14.9 Å².